The fourth-order valence-electron chi connectivity index (χ4n) is 1.56. The number of carbonyl (C=O) groups is 1. The van der Waals surface area contributed by atoms with Crippen LogP contribution in [-0.4, -0.2) is 42.2 Å². The molecule has 1 saturated heterocycles. The molecule has 5 heteroatoms. The van der Waals surface area contributed by atoms with Crippen molar-refractivity contribution in [3.63, 3.8) is 0 Å². The molecule has 0 atom stereocenters. The molecule has 1 aromatic rings. The summed E-state index contributed by atoms with van der Waals surface area (Å²) in [6.45, 7) is 4.40. The van der Waals surface area contributed by atoms with Crippen LogP contribution >= 0.6 is 0 Å². The molecule has 0 unspecified atom stereocenters. The first kappa shape index (κ1) is 10.9. The van der Waals surface area contributed by atoms with Gasteiger partial charge in [-0.25, -0.2) is 9.78 Å². The Kier molecular flexibility index (Phi) is 3.36. The van der Waals surface area contributed by atoms with Crippen LogP contribution in [0.1, 0.15) is 5.56 Å². The molecule has 1 aliphatic rings. The molecule has 1 fully saturated rings. The summed E-state index contributed by atoms with van der Waals surface area (Å²) >= 11 is 0. The first-order valence-electron chi connectivity index (χ1n) is 5.32. The van der Waals surface area contributed by atoms with Crippen molar-refractivity contribution < 1.29 is 9.53 Å². The molecule has 0 saturated carbocycles. The minimum absolute atomic E-state index is 0.106. The van der Waals surface area contributed by atoms with E-state index in [2.05, 4.69) is 10.3 Å². The summed E-state index contributed by atoms with van der Waals surface area (Å²) in [5.74, 6) is 0.624. The summed E-state index contributed by atoms with van der Waals surface area (Å²) in [5.41, 5.74) is 0.962. The van der Waals surface area contributed by atoms with Crippen LogP contribution in [0, 0.1) is 6.92 Å². The second kappa shape index (κ2) is 4.94. The number of pyridine rings is 1. The van der Waals surface area contributed by atoms with Gasteiger partial charge in [0.1, 0.15) is 5.82 Å². The Bertz CT molecular complexity index is 375. The molecule has 1 aliphatic heterocycles. The lowest BCUT2D eigenvalue weighted by molar-refractivity contribution is 0.0564. The second-order valence-electron chi connectivity index (χ2n) is 3.70. The lowest BCUT2D eigenvalue weighted by Crippen LogP contribution is -2.43. The molecule has 1 aromatic heterocycles. The van der Waals surface area contributed by atoms with E-state index >= 15 is 0 Å². The van der Waals surface area contributed by atoms with Gasteiger partial charge in [-0.15, -0.1) is 0 Å². The standard InChI is InChI=1S/C11H15N3O2/c1-9-3-2-4-12-10(9)13-11(15)14-5-7-16-8-6-14/h2-4H,5-8H2,1H3,(H,12,13,15). The van der Waals surface area contributed by atoms with E-state index in [0.29, 0.717) is 32.1 Å². The van der Waals surface area contributed by atoms with Crippen LogP contribution in [0.2, 0.25) is 0 Å². The van der Waals surface area contributed by atoms with Crippen molar-refractivity contribution in [2.24, 2.45) is 0 Å². The van der Waals surface area contributed by atoms with Gasteiger partial charge in [-0.1, -0.05) is 6.07 Å². The van der Waals surface area contributed by atoms with E-state index in [0.717, 1.165) is 5.56 Å². The largest absolute Gasteiger partial charge is 0.378 e. The highest BCUT2D eigenvalue weighted by Gasteiger charge is 2.17. The van der Waals surface area contributed by atoms with Gasteiger partial charge in [0, 0.05) is 19.3 Å². The van der Waals surface area contributed by atoms with Crippen molar-refractivity contribution in [2.75, 3.05) is 31.6 Å². The van der Waals surface area contributed by atoms with E-state index in [1.165, 1.54) is 0 Å². The van der Waals surface area contributed by atoms with Gasteiger partial charge in [0.2, 0.25) is 0 Å². The molecule has 86 valence electrons. The van der Waals surface area contributed by atoms with E-state index in [-0.39, 0.29) is 6.03 Å². The van der Waals surface area contributed by atoms with Gasteiger partial charge in [-0.2, -0.15) is 0 Å². The summed E-state index contributed by atoms with van der Waals surface area (Å²) in [6, 6.07) is 3.66. The Morgan fingerprint density at radius 2 is 2.25 bits per heavy atom. The molecular formula is C11H15N3O2. The number of amides is 2. The lowest BCUT2D eigenvalue weighted by atomic mass is 10.3. The van der Waals surface area contributed by atoms with E-state index in [1.807, 2.05) is 19.1 Å². The van der Waals surface area contributed by atoms with Gasteiger partial charge >= 0.3 is 6.03 Å². The molecule has 0 aromatic carbocycles. The van der Waals surface area contributed by atoms with Crippen LogP contribution in [0.25, 0.3) is 0 Å². The number of anilines is 1. The number of ether oxygens (including phenoxy) is 1. The number of carbonyl (C=O) groups excluding carboxylic acids is 1. The molecule has 16 heavy (non-hydrogen) atoms. The minimum Gasteiger partial charge on any atom is -0.378 e. The predicted octanol–water partition coefficient (Wildman–Crippen LogP) is 1.25. The van der Waals surface area contributed by atoms with Crippen molar-refractivity contribution in [3.8, 4) is 0 Å². The second-order valence-corrected chi connectivity index (χ2v) is 3.70. The van der Waals surface area contributed by atoms with Crippen LogP contribution in [0.3, 0.4) is 0 Å². The number of aryl methyl sites for hydroxylation is 1. The fourth-order valence-corrected chi connectivity index (χ4v) is 1.56. The SMILES string of the molecule is Cc1cccnc1NC(=O)N1CCOCC1. The van der Waals surface area contributed by atoms with Gasteiger partial charge < -0.3 is 9.64 Å². The monoisotopic (exact) mass is 221 g/mol. The Hall–Kier alpha value is -1.62. The van der Waals surface area contributed by atoms with Crippen LogP contribution in [0.4, 0.5) is 10.6 Å². The third-order valence-electron chi connectivity index (χ3n) is 2.53. The van der Waals surface area contributed by atoms with Gasteiger partial charge in [-0.05, 0) is 18.6 Å². The van der Waals surface area contributed by atoms with E-state index in [9.17, 15) is 4.79 Å². The highest BCUT2D eigenvalue weighted by molar-refractivity contribution is 5.89. The highest BCUT2D eigenvalue weighted by Crippen LogP contribution is 2.10. The predicted molar refractivity (Wildman–Crippen MR) is 60.4 cm³/mol. The summed E-state index contributed by atoms with van der Waals surface area (Å²) in [7, 11) is 0. The maximum Gasteiger partial charge on any atom is 0.323 e. The Morgan fingerprint density at radius 3 is 2.94 bits per heavy atom. The number of rotatable bonds is 1. The van der Waals surface area contributed by atoms with Crippen molar-refractivity contribution in [1.29, 1.82) is 0 Å². The fraction of sp³-hybridized carbons (Fsp3) is 0.455. The Balaban J connectivity index is 1.99. The maximum absolute atomic E-state index is 11.8. The topological polar surface area (TPSA) is 54.5 Å². The van der Waals surface area contributed by atoms with Gasteiger partial charge in [0.15, 0.2) is 0 Å². The van der Waals surface area contributed by atoms with Crippen molar-refractivity contribution >= 4 is 11.8 Å². The average Bonchev–Trinajstić information content (AvgIpc) is 2.33. The number of morpholine rings is 1. The van der Waals surface area contributed by atoms with Gasteiger partial charge in [0.25, 0.3) is 0 Å². The zero-order chi connectivity index (χ0) is 11.4. The first-order valence-corrected chi connectivity index (χ1v) is 5.32. The minimum atomic E-state index is -0.106. The molecule has 0 spiro atoms. The molecule has 0 aliphatic carbocycles. The molecular weight excluding hydrogens is 206 g/mol. The number of aromatic nitrogens is 1. The van der Waals surface area contributed by atoms with Crippen molar-refractivity contribution in [2.45, 2.75) is 6.92 Å². The number of nitrogens with zero attached hydrogens (tertiary/aromatic N) is 2. The Morgan fingerprint density at radius 1 is 1.50 bits per heavy atom. The van der Waals surface area contributed by atoms with E-state index in [4.69, 9.17) is 4.74 Å². The maximum atomic E-state index is 11.8. The quantitative estimate of drug-likeness (QED) is 0.776. The smallest absolute Gasteiger partial charge is 0.323 e. The molecule has 2 rings (SSSR count). The summed E-state index contributed by atoms with van der Waals surface area (Å²) in [4.78, 5) is 17.7. The number of hydrogen-bond acceptors (Lipinski definition) is 3. The normalized spacial score (nSPS) is 15.9. The molecule has 2 heterocycles. The molecule has 5 nitrogen and oxygen atoms in total. The third kappa shape index (κ3) is 2.49. The van der Waals surface area contributed by atoms with E-state index < -0.39 is 0 Å². The van der Waals surface area contributed by atoms with Crippen LogP contribution in [-0.2, 0) is 4.74 Å². The van der Waals surface area contributed by atoms with Gasteiger partial charge in [-0.3, -0.25) is 5.32 Å². The molecule has 1 N–H and O–H groups in total. The first-order chi connectivity index (χ1) is 7.77. The zero-order valence-corrected chi connectivity index (χ0v) is 9.27. The summed E-state index contributed by atoms with van der Waals surface area (Å²) < 4.78 is 5.19. The summed E-state index contributed by atoms with van der Waals surface area (Å²) in [6.07, 6.45) is 1.67. The number of urea groups is 1. The number of hydrogen-bond donors (Lipinski definition) is 1. The van der Waals surface area contributed by atoms with Crippen LogP contribution < -0.4 is 5.32 Å². The van der Waals surface area contributed by atoms with Crippen molar-refractivity contribution in [1.82, 2.24) is 9.88 Å². The zero-order valence-electron chi connectivity index (χ0n) is 9.27. The average molecular weight is 221 g/mol. The van der Waals surface area contributed by atoms with E-state index in [1.54, 1.807) is 11.1 Å². The highest BCUT2D eigenvalue weighted by atomic mass is 16.5. The van der Waals surface area contributed by atoms with Crippen LogP contribution in [0.5, 0.6) is 0 Å². The third-order valence-corrected chi connectivity index (χ3v) is 2.53. The Labute approximate surface area is 94.4 Å². The van der Waals surface area contributed by atoms with Crippen LogP contribution in [0.15, 0.2) is 18.3 Å². The number of nitrogens with one attached hydrogen (secondary N) is 1. The van der Waals surface area contributed by atoms with Gasteiger partial charge in [0.05, 0.1) is 13.2 Å². The van der Waals surface area contributed by atoms with Crippen molar-refractivity contribution in [3.05, 3.63) is 23.9 Å². The molecule has 0 radical (unpaired) electrons. The molecule has 2 amide bonds. The summed E-state index contributed by atoms with van der Waals surface area (Å²) in [5, 5.41) is 2.80. The lowest BCUT2D eigenvalue weighted by Gasteiger charge is -2.26. The molecule has 0 bridgehead atoms.